The number of hydrogen-bond donors (Lipinski definition) is 2. The van der Waals surface area contributed by atoms with Gasteiger partial charge in [0.05, 0.1) is 29.6 Å². The molecule has 1 aromatic heterocycles. The Morgan fingerprint density at radius 2 is 2.26 bits per heavy atom. The van der Waals surface area contributed by atoms with Crippen LogP contribution in [0.15, 0.2) is 36.5 Å². The summed E-state index contributed by atoms with van der Waals surface area (Å²) in [6.07, 6.45) is 2.96. The van der Waals surface area contributed by atoms with Crippen LogP contribution in [-0.4, -0.2) is 29.8 Å². The zero-order valence-corrected chi connectivity index (χ0v) is 13.2. The fourth-order valence-corrected chi connectivity index (χ4v) is 3.99. The van der Waals surface area contributed by atoms with Gasteiger partial charge in [-0.1, -0.05) is 6.07 Å². The molecule has 1 unspecified atom stereocenters. The van der Waals surface area contributed by atoms with Gasteiger partial charge in [-0.3, -0.25) is 0 Å². The van der Waals surface area contributed by atoms with E-state index in [4.69, 9.17) is 4.74 Å². The van der Waals surface area contributed by atoms with Gasteiger partial charge in [-0.15, -0.1) is 0 Å². The zero-order valence-electron chi connectivity index (χ0n) is 13.2. The van der Waals surface area contributed by atoms with Crippen molar-refractivity contribution in [1.29, 1.82) is 0 Å². The van der Waals surface area contributed by atoms with Crippen LogP contribution >= 0.6 is 0 Å². The molecule has 2 atom stereocenters. The largest absolute Gasteiger partial charge is 0.379 e. The second-order valence-corrected chi connectivity index (χ2v) is 6.97. The normalized spacial score (nSPS) is 27.7. The van der Waals surface area contributed by atoms with Crippen molar-refractivity contribution in [3.63, 3.8) is 0 Å². The molecule has 2 bridgehead atoms. The average molecular weight is 308 g/mol. The number of morpholine rings is 1. The summed E-state index contributed by atoms with van der Waals surface area (Å²) >= 11 is 0. The molecule has 2 N–H and O–H groups in total. The Bertz CT molecular complexity index is 777. The minimum absolute atomic E-state index is 0.0310. The van der Waals surface area contributed by atoms with Crippen LogP contribution in [-0.2, 0) is 11.3 Å². The molecule has 3 aliphatic rings. The van der Waals surface area contributed by atoms with Gasteiger partial charge in [0.15, 0.2) is 0 Å². The quantitative estimate of drug-likeness (QED) is 0.848. The van der Waals surface area contributed by atoms with Gasteiger partial charge >= 0.3 is 0 Å². The van der Waals surface area contributed by atoms with Crippen LogP contribution in [0, 0.1) is 0 Å². The maximum absolute atomic E-state index is 5.89. The first-order valence-electron chi connectivity index (χ1n) is 8.20. The summed E-state index contributed by atoms with van der Waals surface area (Å²) in [4.78, 5) is 6.93. The number of hydrogen-bond acceptors (Lipinski definition) is 5. The maximum atomic E-state index is 5.89. The van der Waals surface area contributed by atoms with Gasteiger partial charge < -0.3 is 20.3 Å². The molecular weight excluding hydrogens is 288 g/mol. The minimum atomic E-state index is 0.0310. The van der Waals surface area contributed by atoms with Gasteiger partial charge in [0, 0.05) is 37.0 Å². The average Bonchev–Trinajstić information content (AvgIpc) is 3.04. The van der Waals surface area contributed by atoms with Gasteiger partial charge in [-0.2, -0.15) is 0 Å². The highest BCUT2D eigenvalue weighted by Gasteiger charge is 2.47. The summed E-state index contributed by atoms with van der Waals surface area (Å²) in [5.74, 6) is 0.938. The van der Waals surface area contributed by atoms with E-state index < -0.39 is 0 Å². The van der Waals surface area contributed by atoms with E-state index in [2.05, 4.69) is 51.7 Å². The number of anilines is 4. The van der Waals surface area contributed by atoms with E-state index in [9.17, 15) is 0 Å². The summed E-state index contributed by atoms with van der Waals surface area (Å²) < 4.78 is 5.89. The van der Waals surface area contributed by atoms with Crippen LogP contribution in [0.2, 0.25) is 0 Å². The number of pyridine rings is 1. The number of rotatable bonds is 1. The zero-order chi connectivity index (χ0) is 15.4. The van der Waals surface area contributed by atoms with Gasteiger partial charge in [-0.25, -0.2) is 4.98 Å². The van der Waals surface area contributed by atoms with Crippen molar-refractivity contribution in [3.05, 3.63) is 42.1 Å². The van der Waals surface area contributed by atoms with Crippen LogP contribution in [0.5, 0.6) is 0 Å². The molecular formula is C18H20N4O. The molecule has 0 aliphatic carbocycles. The molecule has 2 fully saturated rings. The lowest BCUT2D eigenvalue weighted by atomic mass is 10.1. The first-order valence-corrected chi connectivity index (χ1v) is 8.20. The summed E-state index contributed by atoms with van der Waals surface area (Å²) in [5, 5.41) is 6.98. The Morgan fingerprint density at radius 3 is 3.09 bits per heavy atom. The summed E-state index contributed by atoms with van der Waals surface area (Å²) in [7, 11) is 0. The Hall–Kier alpha value is -2.27. The molecule has 0 radical (unpaired) electrons. The molecule has 0 spiro atoms. The molecule has 3 aliphatic heterocycles. The third-order valence-electron chi connectivity index (χ3n) is 5.19. The summed E-state index contributed by atoms with van der Waals surface area (Å²) in [5.41, 5.74) is 4.70. The molecule has 0 saturated carbocycles. The molecule has 2 saturated heterocycles. The highest BCUT2D eigenvalue weighted by molar-refractivity contribution is 5.80. The van der Waals surface area contributed by atoms with Crippen molar-refractivity contribution in [1.82, 2.24) is 4.98 Å². The lowest BCUT2D eigenvalue weighted by molar-refractivity contribution is 0.0169. The molecule has 1 aromatic carbocycles. The molecule has 4 heterocycles. The third-order valence-corrected chi connectivity index (χ3v) is 5.19. The number of fused-ring (bicyclic) bond motifs is 4. The first kappa shape index (κ1) is 13.2. The molecule has 118 valence electrons. The van der Waals surface area contributed by atoms with Crippen molar-refractivity contribution in [2.24, 2.45) is 0 Å². The highest BCUT2D eigenvalue weighted by Crippen LogP contribution is 2.42. The number of aromatic nitrogens is 1. The van der Waals surface area contributed by atoms with E-state index in [0.29, 0.717) is 6.04 Å². The number of nitrogens with one attached hydrogen (secondary N) is 2. The molecule has 0 amide bonds. The van der Waals surface area contributed by atoms with Crippen molar-refractivity contribution < 1.29 is 4.74 Å². The fourth-order valence-electron chi connectivity index (χ4n) is 3.99. The van der Waals surface area contributed by atoms with Crippen molar-refractivity contribution in [2.75, 3.05) is 28.7 Å². The van der Waals surface area contributed by atoms with Crippen LogP contribution in [0.25, 0.3) is 0 Å². The maximum Gasteiger partial charge on any atom is 0.135 e. The lowest BCUT2D eigenvalue weighted by Crippen LogP contribution is -2.41. The Morgan fingerprint density at radius 1 is 1.30 bits per heavy atom. The van der Waals surface area contributed by atoms with Crippen molar-refractivity contribution in [2.45, 2.75) is 31.5 Å². The minimum Gasteiger partial charge on any atom is -0.379 e. The van der Waals surface area contributed by atoms with E-state index in [0.717, 1.165) is 43.3 Å². The molecule has 5 heteroatoms. The van der Waals surface area contributed by atoms with Crippen LogP contribution in [0.3, 0.4) is 0 Å². The van der Waals surface area contributed by atoms with E-state index in [1.165, 1.54) is 11.3 Å². The predicted molar refractivity (Wildman–Crippen MR) is 91.4 cm³/mol. The fraction of sp³-hybridized carbons (Fsp3) is 0.389. The highest BCUT2D eigenvalue weighted by atomic mass is 16.5. The second kappa shape index (κ2) is 4.61. The lowest BCUT2D eigenvalue weighted by Gasteiger charge is -2.32. The first-order chi connectivity index (χ1) is 11.2. The van der Waals surface area contributed by atoms with Gasteiger partial charge in [0.1, 0.15) is 5.82 Å². The molecule has 5 nitrogen and oxygen atoms in total. The predicted octanol–water partition coefficient (Wildman–Crippen LogP) is 3.12. The van der Waals surface area contributed by atoms with Crippen molar-refractivity contribution >= 4 is 22.9 Å². The SMILES string of the molecule is C[C@@]12CC(CO1)N(c1ccc3c(c1)NCc1cccnc1N3)C2. The Labute approximate surface area is 135 Å². The smallest absolute Gasteiger partial charge is 0.135 e. The monoisotopic (exact) mass is 308 g/mol. The van der Waals surface area contributed by atoms with E-state index in [1.54, 1.807) is 0 Å². The van der Waals surface area contributed by atoms with Gasteiger partial charge in [0.25, 0.3) is 0 Å². The Kier molecular flexibility index (Phi) is 2.65. The second-order valence-electron chi connectivity index (χ2n) is 6.97. The van der Waals surface area contributed by atoms with Crippen molar-refractivity contribution in [3.8, 4) is 0 Å². The topological polar surface area (TPSA) is 49.4 Å². The van der Waals surface area contributed by atoms with Gasteiger partial charge in [0.2, 0.25) is 0 Å². The van der Waals surface area contributed by atoms with Crippen LogP contribution in [0.4, 0.5) is 22.9 Å². The molecule has 23 heavy (non-hydrogen) atoms. The van der Waals surface area contributed by atoms with E-state index in [1.807, 2.05) is 12.3 Å². The standard InChI is InChI=1S/C18H20N4O/c1-18-8-14(10-23-18)22(11-18)13-4-5-15-16(7-13)20-9-12-3-2-6-19-17(12)21-15/h2-7,14,20H,8-11H2,1H3,(H,19,21)/t14?,18-/m0/s1. The summed E-state index contributed by atoms with van der Waals surface area (Å²) in [6.45, 7) is 4.83. The van der Waals surface area contributed by atoms with E-state index in [-0.39, 0.29) is 5.60 Å². The molecule has 5 rings (SSSR count). The third kappa shape index (κ3) is 2.07. The number of ether oxygens (including phenoxy) is 1. The Balaban J connectivity index is 1.48. The van der Waals surface area contributed by atoms with Crippen LogP contribution < -0.4 is 15.5 Å². The molecule has 2 aromatic rings. The van der Waals surface area contributed by atoms with E-state index >= 15 is 0 Å². The van der Waals surface area contributed by atoms with Gasteiger partial charge in [-0.05, 0) is 31.2 Å². The summed E-state index contributed by atoms with van der Waals surface area (Å²) in [6, 6.07) is 11.2. The number of nitrogens with zero attached hydrogens (tertiary/aromatic N) is 2. The van der Waals surface area contributed by atoms with Crippen LogP contribution in [0.1, 0.15) is 18.9 Å². The number of benzene rings is 1.